The van der Waals surface area contributed by atoms with Crippen molar-refractivity contribution in [2.75, 3.05) is 10.6 Å². The molecule has 8 heteroatoms. The summed E-state index contributed by atoms with van der Waals surface area (Å²) in [6.45, 7) is 0.111. The lowest BCUT2D eigenvalue weighted by Crippen LogP contribution is -2.29. The Hall–Kier alpha value is -1.76. The largest absolute Gasteiger partial charge is 0.349 e. The fraction of sp³-hybridized carbons (Fsp3) is 0.278. The fourth-order valence-corrected chi connectivity index (χ4v) is 3.89. The van der Waals surface area contributed by atoms with Gasteiger partial charge < -0.3 is 5.32 Å². The van der Waals surface area contributed by atoms with E-state index < -0.39 is 10.0 Å². The predicted molar refractivity (Wildman–Crippen MR) is 104 cm³/mol. The van der Waals surface area contributed by atoms with Crippen molar-refractivity contribution in [2.24, 2.45) is 0 Å². The molecular weight excluding hydrogens is 395 g/mol. The third kappa shape index (κ3) is 4.90. The minimum Gasteiger partial charge on any atom is -0.349 e. The highest BCUT2D eigenvalue weighted by Crippen LogP contribution is 2.28. The summed E-state index contributed by atoms with van der Waals surface area (Å²) >= 11 is 12.0. The van der Waals surface area contributed by atoms with Crippen LogP contribution >= 0.6 is 23.2 Å². The molecule has 1 aliphatic rings. The number of anilines is 1. The molecule has 1 aliphatic carbocycles. The average molecular weight is 413 g/mol. The Kier molecular flexibility index (Phi) is 5.46. The molecule has 5 nitrogen and oxygen atoms in total. The SMILES string of the molecule is CS(=O)(=O)N(Cc1ccc(C(=O)NC2CC2)cc1)c1cc(Cl)cc(Cl)c1. The van der Waals surface area contributed by atoms with E-state index in [0.29, 0.717) is 21.3 Å². The molecule has 0 heterocycles. The number of carbonyl (C=O) groups is 1. The van der Waals surface area contributed by atoms with E-state index in [1.54, 1.807) is 42.5 Å². The van der Waals surface area contributed by atoms with Crippen LogP contribution in [0, 0.1) is 0 Å². The predicted octanol–water partition coefficient (Wildman–Crippen LogP) is 3.85. The number of nitrogens with zero attached hydrogens (tertiary/aromatic N) is 1. The van der Waals surface area contributed by atoms with Gasteiger partial charge >= 0.3 is 0 Å². The highest BCUT2D eigenvalue weighted by Gasteiger charge is 2.24. The van der Waals surface area contributed by atoms with Gasteiger partial charge in [0.25, 0.3) is 5.91 Å². The van der Waals surface area contributed by atoms with E-state index in [9.17, 15) is 13.2 Å². The third-order valence-electron chi connectivity index (χ3n) is 3.99. The molecule has 138 valence electrons. The van der Waals surface area contributed by atoms with Crippen LogP contribution in [0.25, 0.3) is 0 Å². The van der Waals surface area contributed by atoms with E-state index in [1.807, 2.05) is 0 Å². The first kappa shape index (κ1) is 19.0. The molecule has 0 atom stereocenters. The second kappa shape index (κ2) is 7.47. The molecule has 1 saturated carbocycles. The molecule has 1 fully saturated rings. The van der Waals surface area contributed by atoms with Crippen molar-refractivity contribution in [1.82, 2.24) is 5.32 Å². The first-order valence-electron chi connectivity index (χ1n) is 8.06. The Morgan fingerprint density at radius 1 is 1.12 bits per heavy atom. The molecule has 0 saturated heterocycles. The second-order valence-electron chi connectivity index (χ2n) is 6.34. The van der Waals surface area contributed by atoms with Gasteiger partial charge in [-0.3, -0.25) is 9.10 Å². The van der Waals surface area contributed by atoms with Crippen molar-refractivity contribution in [3.8, 4) is 0 Å². The molecule has 2 aromatic carbocycles. The number of nitrogens with one attached hydrogen (secondary N) is 1. The number of amides is 1. The van der Waals surface area contributed by atoms with E-state index >= 15 is 0 Å². The van der Waals surface area contributed by atoms with Crippen molar-refractivity contribution >= 4 is 44.8 Å². The first-order chi connectivity index (χ1) is 12.2. The van der Waals surface area contributed by atoms with Crippen molar-refractivity contribution in [3.05, 3.63) is 63.6 Å². The molecule has 0 radical (unpaired) electrons. The van der Waals surface area contributed by atoms with Crippen LogP contribution in [-0.2, 0) is 16.6 Å². The maximum Gasteiger partial charge on any atom is 0.251 e. The highest BCUT2D eigenvalue weighted by atomic mass is 35.5. The van der Waals surface area contributed by atoms with Crippen LogP contribution in [0.2, 0.25) is 10.0 Å². The summed E-state index contributed by atoms with van der Waals surface area (Å²) in [4.78, 5) is 12.0. The first-order valence-corrected chi connectivity index (χ1v) is 10.7. The van der Waals surface area contributed by atoms with Gasteiger partial charge in [0.1, 0.15) is 0 Å². The van der Waals surface area contributed by atoms with Crippen molar-refractivity contribution in [3.63, 3.8) is 0 Å². The van der Waals surface area contributed by atoms with Crippen molar-refractivity contribution in [2.45, 2.75) is 25.4 Å². The molecule has 26 heavy (non-hydrogen) atoms. The summed E-state index contributed by atoms with van der Waals surface area (Å²) in [7, 11) is -3.55. The molecule has 0 bridgehead atoms. The smallest absolute Gasteiger partial charge is 0.251 e. The van der Waals surface area contributed by atoms with Gasteiger partial charge in [0.05, 0.1) is 18.5 Å². The lowest BCUT2D eigenvalue weighted by atomic mass is 10.1. The van der Waals surface area contributed by atoms with Crippen LogP contribution in [0.4, 0.5) is 5.69 Å². The topological polar surface area (TPSA) is 66.5 Å². The van der Waals surface area contributed by atoms with Crippen LogP contribution in [0.5, 0.6) is 0 Å². The quantitative estimate of drug-likeness (QED) is 0.783. The molecule has 1 amide bonds. The molecule has 0 aliphatic heterocycles. The standard InChI is InChI=1S/C18H18Cl2N2O3S/c1-26(24,25)22(17-9-14(19)8-15(20)10-17)11-12-2-4-13(5-3-12)18(23)21-16-6-7-16/h2-5,8-10,16H,6-7,11H2,1H3,(H,21,23). The van der Waals surface area contributed by atoms with E-state index in [-0.39, 0.29) is 18.5 Å². The minimum atomic E-state index is -3.55. The van der Waals surface area contributed by atoms with Gasteiger partial charge in [-0.15, -0.1) is 0 Å². The number of halogens is 2. The lowest BCUT2D eigenvalue weighted by Gasteiger charge is -2.23. The average Bonchev–Trinajstić information content (AvgIpc) is 3.35. The van der Waals surface area contributed by atoms with Gasteiger partial charge in [-0.25, -0.2) is 8.42 Å². The summed E-state index contributed by atoms with van der Waals surface area (Å²) in [6.07, 6.45) is 3.17. The monoisotopic (exact) mass is 412 g/mol. The normalized spacial score (nSPS) is 14.1. The Balaban J connectivity index is 1.81. The van der Waals surface area contributed by atoms with Crippen molar-refractivity contribution in [1.29, 1.82) is 0 Å². The maximum atomic E-state index is 12.2. The summed E-state index contributed by atoms with van der Waals surface area (Å²) in [6, 6.07) is 11.8. The number of hydrogen-bond donors (Lipinski definition) is 1. The zero-order chi connectivity index (χ0) is 18.9. The van der Waals surface area contributed by atoms with Gasteiger partial charge in [-0.1, -0.05) is 35.3 Å². The van der Waals surface area contributed by atoms with Gasteiger partial charge in [-0.2, -0.15) is 0 Å². The van der Waals surface area contributed by atoms with E-state index in [1.165, 1.54) is 4.31 Å². The third-order valence-corrected chi connectivity index (χ3v) is 5.57. The van der Waals surface area contributed by atoms with E-state index in [4.69, 9.17) is 23.2 Å². The van der Waals surface area contributed by atoms with Crippen LogP contribution in [-0.4, -0.2) is 26.6 Å². The number of sulfonamides is 1. The number of hydrogen-bond acceptors (Lipinski definition) is 3. The molecule has 2 aromatic rings. The molecular formula is C18H18Cl2N2O3S. The molecule has 3 rings (SSSR count). The summed E-state index contributed by atoms with van der Waals surface area (Å²) < 4.78 is 25.7. The summed E-state index contributed by atoms with van der Waals surface area (Å²) in [5.41, 5.74) is 1.69. The number of carbonyl (C=O) groups excluding carboxylic acids is 1. The zero-order valence-corrected chi connectivity index (χ0v) is 16.4. The second-order valence-corrected chi connectivity index (χ2v) is 9.12. The van der Waals surface area contributed by atoms with Crippen LogP contribution < -0.4 is 9.62 Å². The molecule has 1 N–H and O–H groups in total. The van der Waals surface area contributed by atoms with E-state index in [0.717, 1.165) is 24.7 Å². The van der Waals surface area contributed by atoms with Crippen LogP contribution in [0.1, 0.15) is 28.8 Å². The van der Waals surface area contributed by atoms with Gasteiger partial charge in [0.2, 0.25) is 10.0 Å². The van der Waals surface area contributed by atoms with Crippen molar-refractivity contribution < 1.29 is 13.2 Å². The number of benzene rings is 2. The molecule has 0 aromatic heterocycles. The Morgan fingerprint density at radius 3 is 2.19 bits per heavy atom. The van der Waals surface area contributed by atoms with Gasteiger partial charge in [-0.05, 0) is 48.7 Å². The van der Waals surface area contributed by atoms with Gasteiger partial charge in [0, 0.05) is 21.7 Å². The van der Waals surface area contributed by atoms with E-state index in [2.05, 4.69) is 5.32 Å². The molecule has 0 unspecified atom stereocenters. The highest BCUT2D eigenvalue weighted by molar-refractivity contribution is 7.92. The zero-order valence-electron chi connectivity index (χ0n) is 14.1. The van der Waals surface area contributed by atoms with Crippen LogP contribution in [0.3, 0.4) is 0 Å². The Labute approximate surface area is 163 Å². The Bertz CT molecular complexity index is 906. The Morgan fingerprint density at radius 2 is 1.69 bits per heavy atom. The maximum absolute atomic E-state index is 12.2. The summed E-state index contributed by atoms with van der Waals surface area (Å²) in [5, 5.41) is 3.63. The number of rotatable bonds is 6. The minimum absolute atomic E-state index is 0.111. The fourth-order valence-electron chi connectivity index (χ4n) is 2.51. The van der Waals surface area contributed by atoms with Crippen LogP contribution in [0.15, 0.2) is 42.5 Å². The lowest BCUT2D eigenvalue weighted by molar-refractivity contribution is 0.0951. The summed E-state index contributed by atoms with van der Waals surface area (Å²) in [5.74, 6) is -0.111. The van der Waals surface area contributed by atoms with Gasteiger partial charge in [0.15, 0.2) is 0 Å². The molecule has 0 spiro atoms.